The summed E-state index contributed by atoms with van der Waals surface area (Å²) in [5, 5.41) is 21.8. The second kappa shape index (κ2) is 8.47. The molecule has 4 rings (SSSR count). The average molecular weight is 459 g/mol. The van der Waals surface area contributed by atoms with Gasteiger partial charge in [-0.1, -0.05) is 73.3 Å². The molecule has 3 nitrogen and oxygen atoms in total. The zero-order valence-corrected chi connectivity index (χ0v) is 22.5. The zero-order valence-electron chi connectivity index (χ0n) is 22.5. The van der Waals surface area contributed by atoms with Crippen molar-refractivity contribution in [1.29, 1.82) is 0 Å². The number of hydrogen-bond donors (Lipinski definition) is 2. The van der Waals surface area contributed by atoms with Crippen LogP contribution in [0.2, 0.25) is 0 Å². The van der Waals surface area contributed by atoms with Crippen LogP contribution in [-0.2, 0) is 4.79 Å². The molecule has 0 aliphatic heterocycles. The number of fused-ring (bicyclic) bond motifs is 4. The molecular weight excluding hydrogens is 408 g/mol. The first kappa shape index (κ1) is 25.4. The first-order chi connectivity index (χ1) is 15.3. The summed E-state index contributed by atoms with van der Waals surface area (Å²) in [6.45, 7) is 16.3. The topological polar surface area (TPSA) is 57.5 Å². The lowest BCUT2D eigenvalue weighted by molar-refractivity contribution is -0.134. The van der Waals surface area contributed by atoms with E-state index >= 15 is 0 Å². The third-order valence-corrected chi connectivity index (χ3v) is 11.6. The summed E-state index contributed by atoms with van der Waals surface area (Å²) in [6, 6.07) is 0. The van der Waals surface area contributed by atoms with E-state index in [4.69, 9.17) is 0 Å². The van der Waals surface area contributed by atoms with Crippen LogP contribution < -0.4 is 0 Å². The second-order valence-corrected chi connectivity index (χ2v) is 13.9. The summed E-state index contributed by atoms with van der Waals surface area (Å²) in [5.41, 5.74) is 1.69. The maximum Gasteiger partial charge on any atom is 0.159 e. The molecular formula is C30H50O3. The van der Waals surface area contributed by atoms with E-state index in [0.29, 0.717) is 30.0 Å². The summed E-state index contributed by atoms with van der Waals surface area (Å²) in [4.78, 5) is 14.1. The van der Waals surface area contributed by atoms with Gasteiger partial charge in [0.25, 0.3) is 0 Å². The van der Waals surface area contributed by atoms with Crippen LogP contribution in [-0.4, -0.2) is 28.7 Å². The molecule has 0 bridgehead atoms. The number of carbonyl (C=O) groups excluding carboxylic acids is 1. The fourth-order valence-corrected chi connectivity index (χ4v) is 9.65. The van der Waals surface area contributed by atoms with Gasteiger partial charge in [-0.3, -0.25) is 4.79 Å². The number of ketones is 1. The number of aliphatic hydroxyl groups is 2. The van der Waals surface area contributed by atoms with Crippen molar-refractivity contribution < 1.29 is 15.0 Å². The molecule has 0 aromatic rings. The summed E-state index contributed by atoms with van der Waals surface area (Å²) in [7, 11) is 0. The van der Waals surface area contributed by atoms with Gasteiger partial charge in [0, 0.05) is 17.4 Å². The van der Waals surface area contributed by atoms with Crippen LogP contribution in [0.4, 0.5) is 0 Å². The van der Waals surface area contributed by atoms with Crippen LogP contribution in [0, 0.1) is 45.3 Å². The molecule has 0 amide bonds. The Kier molecular flexibility index (Phi) is 6.53. The van der Waals surface area contributed by atoms with Gasteiger partial charge in [-0.2, -0.15) is 0 Å². The van der Waals surface area contributed by atoms with Crippen LogP contribution in [0.5, 0.6) is 0 Å². The minimum absolute atomic E-state index is 0.137. The van der Waals surface area contributed by atoms with Gasteiger partial charge >= 0.3 is 0 Å². The van der Waals surface area contributed by atoms with Crippen molar-refractivity contribution in [2.75, 3.05) is 6.61 Å². The molecule has 0 heterocycles. The Labute approximate surface area is 202 Å². The molecule has 7 atom stereocenters. The highest BCUT2D eigenvalue weighted by Crippen LogP contribution is 2.71. The maximum atomic E-state index is 14.1. The quantitative estimate of drug-likeness (QED) is 0.465. The Morgan fingerprint density at radius 2 is 1.70 bits per heavy atom. The fourth-order valence-electron chi connectivity index (χ4n) is 9.65. The van der Waals surface area contributed by atoms with Crippen molar-refractivity contribution >= 4 is 5.78 Å². The monoisotopic (exact) mass is 458 g/mol. The standard InChI is InChI=1S/C30H50O3/c1-19(2)9-8-10-20(3)21-13-16-30(18-31)22-11-12-24-27(4,5)25(33)14-15-28(24,6)26(22)23(32)17-29(21,30)7/h19-21,24-25,31,33H,8-18H2,1-7H3/t20-,21-,24+,25+,28+,29-,30-/m1/s1. The zero-order chi connectivity index (χ0) is 24.4. The molecule has 0 saturated heterocycles. The number of carbonyl (C=O) groups is 1. The lowest BCUT2D eigenvalue weighted by atomic mass is 9.43. The number of rotatable bonds is 6. The van der Waals surface area contributed by atoms with Gasteiger partial charge in [-0.05, 0) is 78.4 Å². The van der Waals surface area contributed by atoms with Gasteiger partial charge in [0.15, 0.2) is 5.78 Å². The van der Waals surface area contributed by atoms with E-state index in [2.05, 4.69) is 48.5 Å². The van der Waals surface area contributed by atoms with Crippen LogP contribution >= 0.6 is 0 Å². The summed E-state index contributed by atoms with van der Waals surface area (Å²) < 4.78 is 0. The minimum atomic E-state index is -0.295. The normalized spacial score (nSPS) is 43.3. The Morgan fingerprint density at radius 1 is 1.00 bits per heavy atom. The first-order valence-corrected chi connectivity index (χ1v) is 13.9. The molecule has 0 unspecified atom stereocenters. The van der Waals surface area contributed by atoms with Crippen LogP contribution in [0.15, 0.2) is 11.1 Å². The number of allylic oxidation sites excluding steroid dienone is 1. The van der Waals surface area contributed by atoms with Crippen LogP contribution in [0.3, 0.4) is 0 Å². The smallest absolute Gasteiger partial charge is 0.159 e. The van der Waals surface area contributed by atoms with Crippen LogP contribution in [0.25, 0.3) is 0 Å². The molecule has 4 aliphatic carbocycles. The van der Waals surface area contributed by atoms with E-state index < -0.39 is 0 Å². The predicted molar refractivity (Wildman–Crippen MR) is 135 cm³/mol. The summed E-state index contributed by atoms with van der Waals surface area (Å²) in [6.07, 6.45) is 9.82. The van der Waals surface area contributed by atoms with Crippen LogP contribution in [0.1, 0.15) is 113 Å². The van der Waals surface area contributed by atoms with E-state index in [0.717, 1.165) is 50.0 Å². The highest BCUT2D eigenvalue weighted by Gasteiger charge is 2.66. The minimum Gasteiger partial charge on any atom is -0.395 e. The molecule has 2 saturated carbocycles. The van der Waals surface area contributed by atoms with Gasteiger partial charge in [-0.15, -0.1) is 0 Å². The molecule has 33 heavy (non-hydrogen) atoms. The molecule has 2 fully saturated rings. The van der Waals surface area contributed by atoms with E-state index in [1.54, 1.807) is 0 Å². The number of Topliss-reactive ketones (excluding diaryl/α,β-unsaturated/α-hetero) is 1. The lowest BCUT2D eigenvalue weighted by Gasteiger charge is -2.61. The third kappa shape index (κ3) is 3.53. The predicted octanol–water partition coefficient (Wildman–Crippen LogP) is 6.71. The molecule has 4 aliphatic rings. The van der Waals surface area contributed by atoms with Crippen molar-refractivity contribution in [1.82, 2.24) is 0 Å². The highest BCUT2D eigenvalue weighted by molar-refractivity contribution is 6.00. The van der Waals surface area contributed by atoms with Crippen molar-refractivity contribution in [2.45, 2.75) is 119 Å². The molecule has 188 valence electrons. The van der Waals surface area contributed by atoms with E-state index in [9.17, 15) is 15.0 Å². The first-order valence-electron chi connectivity index (χ1n) is 13.9. The van der Waals surface area contributed by atoms with E-state index in [1.165, 1.54) is 24.8 Å². The Hall–Kier alpha value is -0.670. The molecule has 0 radical (unpaired) electrons. The largest absolute Gasteiger partial charge is 0.395 e. The molecule has 0 aromatic heterocycles. The van der Waals surface area contributed by atoms with Gasteiger partial charge < -0.3 is 10.2 Å². The SMILES string of the molecule is CC(C)CCC[C@@H](C)[C@H]1CC[C@@]2(CO)C3=C(C(=O)C[C@]12C)[C@@]1(C)CC[C@H](O)C(C)(C)[C@@H]1CC3. The molecule has 3 heteroatoms. The Balaban J connectivity index is 1.72. The van der Waals surface area contributed by atoms with Gasteiger partial charge in [-0.25, -0.2) is 0 Å². The molecule has 2 N–H and O–H groups in total. The summed E-state index contributed by atoms with van der Waals surface area (Å²) in [5.74, 6) is 2.52. The maximum absolute atomic E-state index is 14.1. The van der Waals surface area contributed by atoms with Gasteiger partial charge in [0.05, 0.1) is 12.7 Å². The van der Waals surface area contributed by atoms with Crippen molar-refractivity contribution in [3.8, 4) is 0 Å². The van der Waals surface area contributed by atoms with Crippen molar-refractivity contribution in [2.24, 2.45) is 45.3 Å². The average Bonchev–Trinajstić information content (AvgIpc) is 3.03. The second-order valence-electron chi connectivity index (χ2n) is 13.9. The van der Waals surface area contributed by atoms with Gasteiger partial charge in [0.2, 0.25) is 0 Å². The van der Waals surface area contributed by atoms with Crippen molar-refractivity contribution in [3.63, 3.8) is 0 Å². The summed E-state index contributed by atoms with van der Waals surface area (Å²) >= 11 is 0. The third-order valence-electron chi connectivity index (χ3n) is 11.6. The highest BCUT2D eigenvalue weighted by atomic mass is 16.3. The number of aliphatic hydroxyl groups excluding tert-OH is 2. The van der Waals surface area contributed by atoms with Crippen molar-refractivity contribution in [3.05, 3.63) is 11.1 Å². The van der Waals surface area contributed by atoms with E-state index in [-0.39, 0.29) is 34.4 Å². The number of hydrogen-bond acceptors (Lipinski definition) is 3. The Morgan fingerprint density at radius 3 is 2.33 bits per heavy atom. The molecule has 0 spiro atoms. The van der Waals surface area contributed by atoms with Gasteiger partial charge in [0.1, 0.15) is 0 Å². The molecule has 0 aromatic carbocycles. The lowest BCUT2D eigenvalue weighted by Crippen LogP contribution is -2.58. The van der Waals surface area contributed by atoms with E-state index in [1.807, 2.05) is 0 Å². The fraction of sp³-hybridized carbons (Fsp3) is 0.900. The Bertz CT molecular complexity index is 809.